The van der Waals surface area contributed by atoms with E-state index in [0.29, 0.717) is 13.0 Å². The second-order valence-electron chi connectivity index (χ2n) is 9.14. The van der Waals surface area contributed by atoms with Crippen LogP contribution >= 0.6 is 0 Å². The lowest BCUT2D eigenvalue weighted by molar-refractivity contribution is -0.0980. The Morgan fingerprint density at radius 1 is 0.718 bits per heavy atom. The summed E-state index contributed by atoms with van der Waals surface area (Å²) in [6.07, 6.45) is -0.147. The van der Waals surface area contributed by atoms with Gasteiger partial charge in [-0.1, -0.05) is 116 Å². The van der Waals surface area contributed by atoms with Gasteiger partial charge in [0.1, 0.15) is 24.7 Å². The quantitative estimate of drug-likeness (QED) is 0.286. The predicted molar refractivity (Wildman–Crippen MR) is 162 cm³/mol. The van der Waals surface area contributed by atoms with Crippen molar-refractivity contribution >= 4 is 6.79 Å². The molecule has 0 saturated carbocycles. The van der Waals surface area contributed by atoms with E-state index in [1.54, 1.807) is 0 Å². The number of aliphatic hydroxyl groups is 1. The Bertz CT molecular complexity index is 1190. The van der Waals surface area contributed by atoms with Gasteiger partial charge in [-0.15, -0.1) is 0 Å². The van der Waals surface area contributed by atoms with Crippen molar-refractivity contribution in [1.82, 2.24) is 0 Å². The standard InChI is InChI=1S/C19H22O3.C13H12.C2H6.CH2O/c1-13-3-5-15(6-4-13)16-7-9-17(10-8-16)22-14(2)19-18(20)11-12-21-19;1-11-7-9-13(10-8-11)12-5-3-2-4-6-12;2*1-2/h3-10,14,18-20H,11-12H2,1-2H3;2-10H,1H3;1-2H3;1H2/t14-,18?,19?;;;/m1.../s1. The number of aryl methyl sites for hydroxylation is 2. The van der Waals surface area contributed by atoms with Gasteiger partial charge in [-0.3, -0.25) is 0 Å². The molecule has 5 rings (SSSR count). The average Bonchev–Trinajstić information content (AvgIpc) is 3.43. The van der Waals surface area contributed by atoms with Crippen LogP contribution < -0.4 is 4.74 Å². The number of hydrogen-bond donors (Lipinski definition) is 1. The molecule has 0 radical (unpaired) electrons. The Morgan fingerprint density at radius 3 is 1.54 bits per heavy atom. The third kappa shape index (κ3) is 9.82. The normalized spacial score (nSPS) is 16.3. The predicted octanol–water partition coefficient (Wildman–Crippen LogP) is 8.08. The molecule has 206 valence electrons. The van der Waals surface area contributed by atoms with E-state index in [1.807, 2.05) is 45.8 Å². The van der Waals surface area contributed by atoms with Crippen LogP contribution in [0.1, 0.15) is 38.3 Å². The summed E-state index contributed by atoms with van der Waals surface area (Å²) in [5.41, 5.74) is 7.48. The number of ether oxygens (including phenoxy) is 2. The van der Waals surface area contributed by atoms with Crippen molar-refractivity contribution < 1.29 is 19.4 Å². The van der Waals surface area contributed by atoms with Gasteiger partial charge in [0.2, 0.25) is 0 Å². The summed E-state index contributed by atoms with van der Waals surface area (Å²) in [6.45, 7) is 12.7. The highest BCUT2D eigenvalue weighted by molar-refractivity contribution is 5.64. The molecule has 0 aliphatic carbocycles. The van der Waals surface area contributed by atoms with Crippen LogP contribution in [0.25, 0.3) is 22.3 Å². The van der Waals surface area contributed by atoms with Crippen LogP contribution in [0.2, 0.25) is 0 Å². The van der Waals surface area contributed by atoms with E-state index in [9.17, 15) is 5.11 Å². The van der Waals surface area contributed by atoms with Gasteiger partial charge in [0.05, 0.1) is 6.10 Å². The van der Waals surface area contributed by atoms with Gasteiger partial charge in [-0.05, 0) is 61.6 Å². The van der Waals surface area contributed by atoms with Crippen molar-refractivity contribution in [2.24, 2.45) is 0 Å². The summed E-state index contributed by atoms with van der Waals surface area (Å²) < 4.78 is 11.4. The maximum absolute atomic E-state index is 9.85. The second-order valence-corrected chi connectivity index (χ2v) is 9.14. The van der Waals surface area contributed by atoms with E-state index < -0.39 is 6.10 Å². The first kappa shape index (κ1) is 31.5. The Balaban J connectivity index is 0.000000267. The van der Waals surface area contributed by atoms with Crippen molar-refractivity contribution in [2.45, 2.75) is 59.4 Å². The molecule has 1 aliphatic rings. The molecule has 39 heavy (non-hydrogen) atoms. The molecule has 0 aromatic heterocycles. The third-order valence-electron chi connectivity index (χ3n) is 6.29. The molecule has 2 unspecified atom stereocenters. The molecule has 1 aliphatic heterocycles. The third-order valence-corrected chi connectivity index (χ3v) is 6.29. The van der Waals surface area contributed by atoms with E-state index in [0.717, 1.165) is 11.3 Å². The van der Waals surface area contributed by atoms with Crippen molar-refractivity contribution in [2.75, 3.05) is 6.61 Å². The lowest BCUT2D eigenvalue weighted by Crippen LogP contribution is -2.36. The summed E-state index contributed by atoms with van der Waals surface area (Å²) in [5, 5.41) is 9.85. The minimum atomic E-state index is -0.429. The Labute approximate surface area is 234 Å². The monoisotopic (exact) mass is 526 g/mol. The molecule has 1 saturated heterocycles. The van der Waals surface area contributed by atoms with Gasteiger partial charge < -0.3 is 19.4 Å². The Hall–Kier alpha value is -3.73. The van der Waals surface area contributed by atoms with Crippen molar-refractivity contribution in [3.63, 3.8) is 0 Å². The number of hydrogen-bond acceptors (Lipinski definition) is 4. The first-order valence-corrected chi connectivity index (χ1v) is 13.5. The molecular formula is C35H42O4. The van der Waals surface area contributed by atoms with E-state index in [2.05, 4.69) is 98.8 Å². The highest BCUT2D eigenvalue weighted by Gasteiger charge is 2.32. The number of rotatable bonds is 5. The number of benzene rings is 4. The van der Waals surface area contributed by atoms with Gasteiger partial charge >= 0.3 is 0 Å². The summed E-state index contributed by atoms with van der Waals surface area (Å²) in [7, 11) is 0. The SMILES string of the molecule is C=O.CC.Cc1ccc(-c2ccc(O[C@H](C)C3OCCC3O)cc2)cc1.Cc1ccc(-c2ccccc2)cc1. The van der Waals surface area contributed by atoms with Crippen molar-refractivity contribution in [3.05, 3.63) is 114 Å². The van der Waals surface area contributed by atoms with Gasteiger partial charge in [0.15, 0.2) is 0 Å². The van der Waals surface area contributed by atoms with Crippen LogP contribution in [-0.4, -0.2) is 36.8 Å². The first-order valence-electron chi connectivity index (χ1n) is 13.5. The zero-order valence-corrected chi connectivity index (χ0v) is 23.8. The smallest absolute Gasteiger partial charge is 0.125 e. The molecule has 4 aromatic rings. The average molecular weight is 527 g/mol. The van der Waals surface area contributed by atoms with Gasteiger partial charge in [-0.2, -0.15) is 0 Å². The highest BCUT2D eigenvalue weighted by atomic mass is 16.6. The second kappa shape index (κ2) is 17.0. The fourth-order valence-electron chi connectivity index (χ4n) is 4.18. The molecule has 1 N–H and O–H groups in total. The van der Waals surface area contributed by atoms with E-state index in [4.69, 9.17) is 14.3 Å². The lowest BCUT2D eigenvalue weighted by atomic mass is 10.0. The summed E-state index contributed by atoms with van der Waals surface area (Å²) in [5.74, 6) is 0.797. The topological polar surface area (TPSA) is 55.8 Å². The molecule has 4 heteroatoms. The molecule has 4 aromatic carbocycles. The molecule has 1 heterocycles. The fourth-order valence-corrected chi connectivity index (χ4v) is 4.18. The summed E-state index contributed by atoms with van der Waals surface area (Å²) in [6, 6.07) is 35.5. The van der Waals surface area contributed by atoms with Crippen LogP contribution in [0, 0.1) is 13.8 Å². The Kier molecular flexibility index (Phi) is 13.7. The lowest BCUT2D eigenvalue weighted by Gasteiger charge is -2.23. The molecular weight excluding hydrogens is 484 g/mol. The number of aliphatic hydroxyl groups excluding tert-OH is 1. The van der Waals surface area contributed by atoms with Gasteiger partial charge in [0.25, 0.3) is 0 Å². The first-order chi connectivity index (χ1) is 19.0. The highest BCUT2D eigenvalue weighted by Crippen LogP contribution is 2.25. The van der Waals surface area contributed by atoms with E-state index in [1.165, 1.54) is 27.8 Å². The Morgan fingerprint density at radius 2 is 1.13 bits per heavy atom. The number of carbonyl (C=O) groups is 1. The molecule has 0 amide bonds. The maximum Gasteiger partial charge on any atom is 0.125 e. The summed E-state index contributed by atoms with van der Waals surface area (Å²) in [4.78, 5) is 8.00. The molecule has 0 bridgehead atoms. The van der Waals surface area contributed by atoms with Crippen molar-refractivity contribution in [3.8, 4) is 28.0 Å². The summed E-state index contributed by atoms with van der Waals surface area (Å²) >= 11 is 0. The van der Waals surface area contributed by atoms with Crippen LogP contribution in [0.4, 0.5) is 0 Å². The largest absolute Gasteiger partial charge is 0.488 e. The van der Waals surface area contributed by atoms with E-state index in [-0.39, 0.29) is 12.2 Å². The van der Waals surface area contributed by atoms with E-state index >= 15 is 0 Å². The number of carbonyl (C=O) groups excluding carboxylic acids is 1. The van der Waals surface area contributed by atoms with Crippen LogP contribution in [0.15, 0.2) is 103 Å². The zero-order valence-electron chi connectivity index (χ0n) is 23.8. The molecule has 0 spiro atoms. The maximum atomic E-state index is 9.85. The molecule has 4 nitrogen and oxygen atoms in total. The van der Waals surface area contributed by atoms with Crippen LogP contribution in [0.3, 0.4) is 0 Å². The van der Waals surface area contributed by atoms with Gasteiger partial charge in [-0.25, -0.2) is 0 Å². The minimum absolute atomic E-state index is 0.164. The zero-order chi connectivity index (χ0) is 28.6. The fraction of sp³-hybridized carbons (Fsp3) is 0.286. The van der Waals surface area contributed by atoms with Crippen LogP contribution in [-0.2, 0) is 9.53 Å². The van der Waals surface area contributed by atoms with Crippen molar-refractivity contribution in [1.29, 1.82) is 0 Å². The minimum Gasteiger partial charge on any atom is -0.488 e. The van der Waals surface area contributed by atoms with Crippen LogP contribution in [0.5, 0.6) is 5.75 Å². The molecule has 1 fully saturated rings. The molecule has 3 atom stereocenters. The van der Waals surface area contributed by atoms with Gasteiger partial charge in [0, 0.05) is 6.61 Å².